The molecule has 0 amide bonds. The molecule has 1 aromatic heterocycles. The second-order valence-electron chi connectivity index (χ2n) is 7.17. The average molecular weight is 437 g/mol. The van der Waals surface area contributed by atoms with Gasteiger partial charge in [0, 0.05) is 12.0 Å². The van der Waals surface area contributed by atoms with Gasteiger partial charge in [0.25, 0.3) is 0 Å². The number of fused-ring (bicyclic) bond motifs is 3. The fourth-order valence-corrected chi connectivity index (χ4v) is 4.80. The van der Waals surface area contributed by atoms with Crippen LogP contribution in [0.5, 0.6) is 17.2 Å². The molecular weight excluding hydrogens is 418 g/mol. The average Bonchev–Trinajstić information content (AvgIpc) is 3.44. The summed E-state index contributed by atoms with van der Waals surface area (Å²) in [4.78, 5) is 12.5. The van der Waals surface area contributed by atoms with Crippen molar-refractivity contribution in [3.8, 4) is 17.2 Å². The third kappa shape index (κ3) is 3.17. The molecule has 2 aliphatic rings. The maximum Gasteiger partial charge on any atom is 0.323 e. The van der Waals surface area contributed by atoms with Crippen molar-refractivity contribution in [2.75, 3.05) is 6.61 Å². The molecule has 0 bridgehead atoms. The van der Waals surface area contributed by atoms with Gasteiger partial charge in [-0.3, -0.25) is 10.1 Å². The van der Waals surface area contributed by atoms with Gasteiger partial charge >= 0.3 is 5.69 Å². The molecule has 0 saturated heterocycles. The zero-order chi connectivity index (χ0) is 21.5. The molecule has 5 rings (SSSR count). The minimum Gasteiger partial charge on any atom is -0.504 e. The second kappa shape index (κ2) is 7.59. The largest absolute Gasteiger partial charge is 0.504 e. The maximum absolute atomic E-state index is 12.0. The fraction of sp³-hybridized carbons (Fsp3) is 0.227. The first-order valence-electron chi connectivity index (χ1n) is 9.86. The molecule has 2 aliphatic heterocycles. The number of nitrogens with zero attached hydrogens (tertiary/aromatic N) is 3. The normalized spacial score (nSPS) is 19.3. The molecule has 0 radical (unpaired) electrons. The summed E-state index contributed by atoms with van der Waals surface area (Å²) in [5.74, 6) is 0.219. The van der Waals surface area contributed by atoms with Gasteiger partial charge in [0.15, 0.2) is 5.75 Å². The Morgan fingerprint density at radius 1 is 1.26 bits per heavy atom. The van der Waals surface area contributed by atoms with E-state index in [-0.39, 0.29) is 35.4 Å². The van der Waals surface area contributed by atoms with Crippen LogP contribution in [0.2, 0.25) is 0 Å². The van der Waals surface area contributed by atoms with Crippen LogP contribution in [-0.4, -0.2) is 27.4 Å². The van der Waals surface area contributed by atoms with E-state index in [0.29, 0.717) is 12.2 Å². The van der Waals surface area contributed by atoms with E-state index >= 15 is 0 Å². The molecule has 0 fully saturated rings. The number of nitro groups is 1. The summed E-state index contributed by atoms with van der Waals surface area (Å²) in [6.45, 7) is 1.89. The van der Waals surface area contributed by atoms with Crippen molar-refractivity contribution in [2.45, 2.75) is 25.6 Å². The van der Waals surface area contributed by atoms with E-state index in [1.54, 1.807) is 23.3 Å². The summed E-state index contributed by atoms with van der Waals surface area (Å²) in [7, 11) is 0. The standard InChI is InChI=1S/C22H19N3O5S/c1-2-29-21-17(26)10-9-14(20(21)25(27)28)22-24-16(13-6-3-4-7-18(13)30-22)12-15(23-24)19-8-5-11-31-19/h3-11,16,22,26H,2,12H2,1H3/t16-,22+/m1/s1. The number of ether oxygens (including phenoxy) is 2. The Bertz CT molecular complexity index is 1180. The number of para-hydroxylation sites is 1. The van der Waals surface area contributed by atoms with Gasteiger partial charge in [-0.1, -0.05) is 24.3 Å². The molecule has 2 aromatic carbocycles. The van der Waals surface area contributed by atoms with E-state index in [1.165, 1.54) is 12.1 Å². The molecular formula is C22H19N3O5S. The molecule has 3 aromatic rings. The van der Waals surface area contributed by atoms with Crippen LogP contribution >= 0.6 is 11.3 Å². The van der Waals surface area contributed by atoms with Crippen LogP contribution < -0.4 is 9.47 Å². The third-order valence-corrected chi connectivity index (χ3v) is 6.30. The lowest BCUT2D eigenvalue weighted by Gasteiger charge is -2.38. The highest BCUT2D eigenvalue weighted by Gasteiger charge is 2.44. The molecule has 0 unspecified atom stereocenters. The summed E-state index contributed by atoms with van der Waals surface area (Å²) < 4.78 is 11.7. The number of hydrogen-bond acceptors (Lipinski definition) is 8. The molecule has 158 valence electrons. The Morgan fingerprint density at radius 2 is 2.10 bits per heavy atom. The summed E-state index contributed by atoms with van der Waals surface area (Å²) >= 11 is 1.60. The Kier molecular flexibility index (Phi) is 4.74. The highest BCUT2D eigenvalue weighted by atomic mass is 32.1. The van der Waals surface area contributed by atoms with Crippen molar-refractivity contribution in [1.29, 1.82) is 0 Å². The molecule has 2 atom stereocenters. The number of benzene rings is 2. The van der Waals surface area contributed by atoms with Crippen LogP contribution in [-0.2, 0) is 0 Å². The highest BCUT2D eigenvalue weighted by Crippen LogP contribution is 2.51. The molecule has 9 heteroatoms. The molecule has 0 saturated carbocycles. The van der Waals surface area contributed by atoms with E-state index < -0.39 is 11.2 Å². The summed E-state index contributed by atoms with van der Waals surface area (Å²) in [6.07, 6.45) is -0.167. The van der Waals surface area contributed by atoms with Crippen molar-refractivity contribution < 1.29 is 19.5 Å². The minimum absolute atomic E-state index is 0.115. The molecule has 1 N–H and O–H groups in total. The van der Waals surface area contributed by atoms with Crippen molar-refractivity contribution in [1.82, 2.24) is 5.01 Å². The van der Waals surface area contributed by atoms with E-state index in [1.807, 2.05) is 41.8 Å². The van der Waals surface area contributed by atoms with Gasteiger partial charge in [0.05, 0.1) is 33.7 Å². The van der Waals surface area contributed by atoms with Crippen LogP contribution in [0.4, 0.5) is 5.69 Å². The highest BCUT2D eigenvalue weighted by molar-refractivity contribution is 7.12. The van der Waals surface area contributed by atoms with Gasteiger partial charge in [-0.25, -0.2) is 5.01 Å². The summed E-state index contributed by atoms with van der Waals surface area (Å²) in [6, 6.07) is 14.4. The number of nitro benzene ring substituents is 1. The summed E-state index contributed by atoms with van der Waals surface area (Å²) in [5.41, 5.74) is 1.86. The van der Waals surface area contributed by atoms with Gasteiger partial charge in [-0.15, -0.1) is 11.3 Å². The zero-order valence-corrected chi connectivity index (χ0v) is 17.4. The lowest BCUT2D eigenvalue weighted by molar-refractivity contribution is -0.387. The molecule has 3 heterocycles. The second-order valence-corrected chi connectivity index (χ2v) is 8.12. The van der Waals surface area contributed by atoms with Crippen LogP contribution in [0.1, 0.15) is 41.6 Å². The molecule has 0 aliphatic carbocycles. The van der Waals surface area contributed by atoms with Crippen molar-refractivity contribution >= 4 is 22.7 Å². The number of phenolic OH excluding ortho intramolecular Hbond substituents is 1. The van der Waals surface area contributed by atoms with Gasteiger partial charge in [0.2, 0.25) is 12.0 Å². The first-order chi connectivity index (χ1) is 15.1. The van der Waals surface area contributed by atoms with Crippen LogP contribution in [0.15, 0.2) is 59.0 Å². The molecule has 31 heavy (non-hydrogen) atoms. The number of hydrazone groups is 1. The van der Waals surface area contributed by atoms with Crippen molar-refractivity contribution in [2.24, 2.45) is 5.10 Å². The first kappa shape index (κ1) is 19.4. The topological polar surface area (TPSA) is 97.4 Å². The zero-order valence-electron chi connectivity index (χ0n) is 16.6. The predicted octanol–water partition coefficient (Wildman–Crippen LogP) is 5.00. The third-order valence-electron chi connectivity index (χ3n) is 5.38. The lowest BCUT2D eigenvalue weighted by atomic mass is 9.97. The van der Waals surface area contributed by atoms with Gasteiger partial charge in [-0.2, -0.15) is 5.10 Å². The first-order valence-corrected chi connectivity index (χ1v) is 10.7. The van der Waals surface area contributed by atoms with Gasteiger partial charge in [0.1, 0.15) is 5.75 Å². The van der Waals surface area contributed by atoms with Gasteiger partial charge < -0.3 is 14.6 Å². The van der Waals surface area contributed by atoms with Crippen LogP contribution in [0.3, 0.4) is 0 Å². The Balaban J connectivity index is 1.67. The van der Waals surface area contributed by atoms with Crippen LogP contribution in [0.25, 0.3) is 0 Å². The van der Waals surface area contributed by atoms with E-state index in [2.05, 4.69) is 0 Å². The number of aromatic hydroxyl groups is 1. The van der Waals surface area contributed by atoms with E-state index in [0.717, 1.165) is 16.2 Å². The fourth-order valence-electron chi connectivity index (χ4n) is 4.08. The van der Waals surface area contributed by atoms with Gasteiger partial charge in [-0.05, 0) is 36.6 Å². The number of rotatable bonds is 5. The Hall–Kier alpha value is -3.59. The lowest BCUT2D eigenvalue weighted by Crippen LogP contribution is -2.34. The SMILES string of the molecule is CCOc1c(O)ccc([C@@H]2Oc3ccccc3[C@H]3CC(c4cccs4)=NN32)c1[N+](=O)[O-]. The number of hydrogen-bond donors (Lipinski definition) is 1. The van der Waals surface area contributed by atoms with Crippen LogP contribution in [0, 0.1) is 10.1 Å². The Morgan fingerprint density at radius 3 is 2.84 bits per heavy atom. The smallest absolute Gasteiger partial charge is 0.323 e. The quantitative estimate of drug-likeness (QED) is 0.445. The van der Waals surface area contributed by atoms with E-state index in [9.17, 15) is 15.2 Å². The predicted molar refractivity (Wildman–Crippen MR) is 116 cm³/mol. The number of thiophene rings is 1. The van der Waals surface area contributed by atoms with E-state index in [4.69, 9.17) is 14.6 Å². The molecule has 8 nitrogen and oxygen atoms in total. The maximum atomic E-state index is 12.0. The Labute approximate surface area is 182 Å². The van der Waals surface area contributed by atoms with Crippen molar-refractivity contribution in [3.05, 3.63) is 80.0 Å². The monoisotopic (exact) mass is 437 g/mol. The number of phenols is 1. The summed E-state index contributed by atoms with van der Waals surface area (Å²) in [5, 5.41) is 30.8. The molecule has 0 spiro atoms. The minimum atomic E-state index is -0.836. The van der Waals surface area contributed by atoms with Crippen molar-refractivity contribution in [3.63, 3.8) is 0 Å².